The smallest absolute Gasteiger partial charge is 0.402 e. The Hall–Kier alpha value is -2.84. The number of rotatable bonds is 5. The number of fused-ring (bicyclic) bond motifs is 1. The highest BCUT2D eigenvalue weighted by atomic mass is 19.4. The first kappa shape index (κ1) is 24.5. The van der Waals surface area contributed by atoms with E-state index >= 15 is 0 Å². The maximum absolute atomic E-state index is 12.8. The second-order valence-electron chi connectivity index (χ2n) is 12.5. The lowest BCUT2D eigenvalue weighted by Gasteiger charge is -2.54. The minimum absolute atomic E-state index is 0.340. The standard InChI is InChI=1S/C28H34F3N5O/c1-14-5-22(33-24-20(14)11-19(32-13-28(29,30)31)12-21(24)27(2,3)4)25-35-36-26(37-25)34-23-17-7-15-6-16(9-17)10-18(23)8-15/h5,11-12,15-18,23,32H,6-10,13H2,1-4H3,(H,34,36). The zero-order valence-corrected chi connectivity index (χ0v) is 21.7. The van der Waals surface area contributed by atoms with Gasteiger partial charge in [-0.2, -0.15) is 13.2 Å². The van der Waals surface area contributed by atoms with Crippen LogP contribution in [-0.2, 0) is 5.41 Å². The normalized spacial score (nSPS) is 27.2. The largest absolute Gasteiger partial charge is 0.405 e. The molecule has 0 radical (unpaired) electrons. The van der Waals surface area contributed by atoms with Gasteiger partial charge in [0.2, 0.25) is 0 Å². The van der Waals surface area contributed by atoms with Gasteiger partial charge < -0.3 is 15.1 Å². The van der Waals surface area contributed by atoms with E-state index in [4.69, 9.17) is 9.40 Å². The maximum Gasteiger partial charge on any atom is 0.405 e. The molecule has 4 aliphatic carbocycles. The van der Waals surface area contributed by atoms with Gasteiger partial charge in [0, 0.05) is 17.1 Å². The SMILES string of the molecule is Cc1cc(-c2nnc(NC3C4CC5CC(C4)CC3C5)o2)nc2c(C(C)(C)C)cc(NCC(F)(F)F)cc12. The minimum Gasteiger partial charge on any atom is -0.402 e. The van der Waals surface area contributed by atoms with Gasteiger partial charge in [0.25, 0.3) is 5.89 Å². The first-order valence-electron chi connectivity index (χ1n) is 13.3. The molecule has 0 unspecified atom stereocenters. The topological polar surface area (TPSA) is 75.9 Å². The molecule has 4 bridgehead atoms. The molecule has 0 saturated heterocycles. The van der Waals surface area contributed by atoms with Gasteiger partial charge >= 0.3 is 12.2 Å². The molecule has 0 amide bonds. The van der Waals surface area contributed by atoms with Gasteiger partial charge in [-0.25, -0.2) is 4.98 Å². The highest BCUT2D eigenvalue weighted by molar-refractivity contribution is 5.90. The highest BCUT2D eigenvalue weighted by Crippen LogP contribution is 2.54. The quantitative estimate of drug-likeness (QED) is 0.379. The summed E-state index contributed by atoms with van der Waals surface area (Å²) in [6, 6.07) is 6.19. The Labute approximate surface area is 214 Å². The fourth-order valence-corrected chi connectivity index (χ4v) is 7.17. The Balaban J connectivity index is 1.30. The number of aromatic nitrogens is 3. The number of pyridine rings is 1. The summed E-state index contributed by atoms with van der Waals surface area (Å²) in [6.45, 7) is 6.92. The molecule has 0 aliphatic heterocycles. The van der Waals surface area contributed by atoms with Crippen molar-refractivity contribution in [1.82, 2.24) is 15.2 Å². The van der Waals surface area contributed by atoms with Gasteiger partial charge in [0.15, 0.2) is 0 Å². The number of nitrogens with zero attached hydrogens (tertiary/aromatic N) is 3. The van der Waals surface area contributed by atoms with Crippen molar-refractivity contribution in [3.05, 3.63) is 29.3 Å². The van der Waals surface area contributed by atoms with Crippen molar-refractivity contribution >= 4 is 22.6 Å². The van der Waals surface area contributed by atoms with Crippen LogP contribution in [0.4, 0.5) is 24.9 Å². The highest BCUT2D eigenvalue weighted by Gasteiger charge is 2.48. The Morgan fingerprint density at radius 2 is 1.62 bits per heavy atom. The van der Waals surface area contributed by atoms with Gasteiger partial charge in [-0.15, -0.1) is 5.10 Å². The van der Waals surface area contributed by atoms with Gasteiger partial charge in [-0.05, 0) is 97.4 Å². The maximum atomic E-state index is 12.8. The zero-order valence-electron chi connectivity index (χ0n) is 21.7. The summed E-state index contributed by atoms with van der Waals surface area (Å²) in [5.74, 6) is 3.49. The summed E-state index contributed by atoms with van der Waals surface area (Å²) in [7, 11) is 0. The summed E-state index contributed by atoms with van der Waals surface area (Å²) in [6.07, 6.45) is 2.31. The molecular formula is C28H34F3N5O. The van der Waals surface area contributed by atoms with Crippen molar-refractivity contribution in [3.63, 3.8) is 0 Å². The summed E-state index contributed by atoms with van der Waals surface area (Å²) in [4.78, 5) is 4.88. The van der Waals surface area contributed by atoms with Gasteiger partial charge in [-0.1, -0.05) is 25.9 Å². The molecule has 198 valence electrons. The molecular weight excluding hydrogens is 479 g/mol. The molecule has 0 spiro atoms. The lowest BCUT2D eigenvalue weighted by molar-refractivity contribution is -0.115. The molecule has 6 nitrogen and oxygen atoms in total. The van der Waals surface area contributed by atoms with E-state index in [0.717, 1.165) is 33.9 Å². The third-order valence-electron chi connectivity index (χ3n) is 8.58. The zero-order chi connectivity index (χ0) is 26.1. The second-order valence-corrected chi connectivity index (χ2v) is 12.5. The lowest BCUT2D eigenvalue weighted by Crippen LogP contribution is -2.51. The van der Waals surface area contributed by atoms with E-state index in [9.17, 15) is 13.2 Å². The molecule has 1 aromatic carbocycles. The van der Waals surface area contributed by atoms with Gasteiger partial charge in [-0.3, -0.25) is 0 Å². The Kier molecular flexibility index (Phi) is 5.69. The van der Waals surface area contributed by atoms with E-state index in [-0.39, 0.29) is 5.41 Å². The van der Waals surface area contributed by atoms with E-state index in [2.05, 4.69) is 20.8 Å². The molecule has 2 heterocycles. The molecule has 9 heteroatoms. The number of benzene rings is 1. The van der Waals surface area contributed by atoms with Crippen LogP contribution in [0, 0.1) is 30.6 Å². The monoisotopic (exact) mass is 513 g/mol. The molecule has 7 rings (SSSR count). The lowest BCUT2D eigenvalue weighted by atomic mass is 9.54. The number of halogens is 3. The molecule has 2 N–H and O–H groups in total. The third-order valence-corrected chi connectivity index (χ3v) is 8.58. The number of alkyl halides is 3. The van der Waals surface area contributed by atoms with Crippen molar-refractivity contribution in [2.75, 3.05) is 17.2 Å². The van der Waals surface area contributed by atoms with Crippen LogP contribution < -0.4 is 10.6 Å². The van der Waals surface area contributed by atoms with E-state index in [1.807, 2.05) is 33.8 Å². The Morgan fingerprint density at radius 3 is 2.24 bits per heavy atom. The molecule has 37 heavy (non-hydrogen) atoms. The van der Waals surface area contributed by atoms with E-state index < -0.39 is 12.7 Å². The number of nitrogens with one attached hydrogen (secondary N) is 2. The third kappa shape index (κ3) is 4.77. The average molecular weight is 514 g/mol. The van der Waals surface area contributed by atoms with E-state index in [0.29, 0.717) is 41.2 Å². The van der Waals surface area contributed by atoms with Crippen molar-refractivity contribution in [1.29, 1.82) is 0 Å². The van der Waals surface area contributed by atoms with Crippen LogP contribution in [0.3, 0.4) is 0 Å². The molecule has 2 aromatic heterocycles. The van der Waals surface area contributed by atoms with Crippen molar-refractivity contribution in [3.8, 4) is 11.6 Å². The number of hydrogen-bond donors (Lipinski definition) is 2. The second kappa shape index (κ2) is 8.60. The van der Waals surface area contributed by atoms with Crippen molar-refractivity contribution in [2.24, 2.45) is 23.7 Å². The first-order valence-corrected chi connectivity index (χ1v) is 13.3. The summed E-state index contributed by atoms with van der Waals surface area (Å²) >= 11 is 0. The molecule has 0 atom stereocenters. The fraction of sp³-hybridized carbons (Fsp3) is 0.607. The van der Waals surface area contributed by atoms with Crippen LogP contribution in [-0.4, -0.2) is 33.9 Å². The molecule has 4 saturated carbocycles. The van der Waals surface area contributed by atoms with Crippen LogP contribution in [0.5, 0.6) is 0 Å². The summed E-state index contributed by atoms with van der Waals surface area (Å²) in [5, 5.41) is 15.5. The Morgan fingerprint density at radius 1 is 0.946 bits per heavy atom. The molecule has 4 aliphatic rings. The average Bonchev–Trinajstić information content (AvgIpc) is 3.27. The van der Waals surface area contributed by atoms with Crippen LogP contribution >= 0.6 is 0 Å². The van der Waals surface area contributed by atoms with Crippen molar-refractivity contribution in [2.45, 2.75) is 77.4 Å². The van der Waals surface area contributed by atoms with E-state index in [1.54, 1.807) is 12.1 Å². The number of anilines is 2. The molecule has 3 aromatic rings. The van der Waals surface area contributed by atoms with Crippen LogP contribution in [0.25, 0.3) is 22.5 Å². The van der Waals surface area contributed by atoms with Gasteiger partial charge in [0.05, 0.1) is 5.52 Å². The number of aryl methyl sites for hydroxylation is 1. The number of hydrogen-bond acceptors (Lipinski definition) is 6. The van der Waals surface area contributed by atoms with Gasteiger partial charge in [0.1, 0.15) is 12.2 Å². The van der Waals surface area contributed by atoms with Crippen molar-refractivity contribution < 1.29 is 17.6 Å². The van der Waals surface area contributed by atoms with Crippen LogP contribution in [0.1, 0.15) is 64.0 Å². The summed E-state index contributed by atoms with van der Waals surface area (Å²) < 4.78 is 44.6. The van der Waals surface area contributed by atoms with Crippen LogP contribution in [0.15, 0.2) is 22.6 Å². The summed E-state index contributed by atoms with van der Waals surface area (Å²) in [5.41, 5.74) is 3.12. The predicted octanol–water partition coefficient (Wildman–Crippen LogP) is 7.10. The van der Waals surface area contributed by atoms with E-state index in [1.165, 1.54) is 32.1 Å². The first-order chi connectivity index (χ1) is 17.4. The Bertz CT molecular complexity index is 1300. The minimum atomic E-state index is -4.30. The van der Waals surface area contributed by atoms with Crippen LogP contribution in [0.2, 0.25) is 0 Å². The molecule has 4 fully saturated rings. The fourth-order valence-electron chi connectivity index (χ4n) is 7.17. The predicted molar refractivity (Wildman–Crippen MR) is 137 cm³/mol.